The smallest absolute Gasteiger partial charge is 0.392 e. The van der Waals surface area contributed by atoms with Crippen LogP contribution in [0.4, 0.5) is 13.2 Å². The first-order valence-corrected chi connectivity index (χ1v) is 7.08. The lowest BCUT2D eigenvalue weighted by molar-refractivity contribution is -0.198. The molecule has 4 atom stereocenters. The van der Waals surface area contributed by atoms with Crippen molar-refractivity contribution in [2.45, 2.75) is 44.3 Å². The van der Waals surface area contributed by atoms with Gasteiger partial charge in [0, 0.05) is 24.5 Å². The van der Waals surface area contributed by atoms with E-state index in [0.717, 1.165) is 0 Å². The molecular weight excluding hydrogens is 271 g/mol. The van der Waals surface area contributed by atoms with Gasteiger partial charge in [0.2, 0.25) is 5.91 Å². The van der Waals surface area contributed by atoms with Crippen molar-refractivity contribution in [3.63, 3.8) is 0 Å². The third-order valence-electron chi connectivity index (χ3n) is 4.26. The van der Waals surface area contributed by atoms with Crippen molar-refractivity contribution < 1.29 is 23.1 Å². The van der Waals surface area contributed by atoms with Gasteiger partial charge in [0.25, 0.3) is 0 Å². The minimum atomic E-state index is -4.30. The lowest BCUT2D eigenvalue weighted by atomic mass is 9.78. The van der Waals surface area contributed by atoms with E-state index >= 15 is 0 Å². The Labute approximate surface area is 116 Å². The molecule has 2 aliphatic carbocycles. The van der Waals surface area contributed by atoms with Crippen molar-refractivity contribution in [2.24, 2.45) is 17.8 Å². The largest absolute Gasteiger partial charge is 0.396 e. The Hall–Kier alpha value is -1.04. The molecule has 1 saturated carbocycles. The van der Waals surface area contributed by atoms with Crippen molar-refractivity contribution in [1.82, 2.24) is 5.32 Å². The highest BCUT2D eigenvalue weighted by atomic mass is 19.4. The van der Waals surface area contributed by atoms with E-state index in [1.54, 1.807) is 12.2 Å². The highest BCUT2D eigenvalue weighted by Crippen LogP contribution is 2.41. The van der Waals surface area contributed by atoms with Gasteiger partial charge in [0.1, 0.15) is 0 Å². The molecule has 2 N–H and O–H groups in total. The van der Waals surface area contributed by atoms with Crippen molar-refractivity contribution in [2.75, 3.05) is 6.61 Å². The second-order valence-corrected chi connectivity index (χ2v) is 5.72. The predicted octanol–water partition coefficient (Wildman–Crippen LogP) is 2.41. The van der Waals surface area contributed by atoms with Gasteiger partial charge < -0.3 is 10.4 Å². The fourth-order valence-electron chi connectivity index (χ4n) is 3.14. The Balaban J connectivity index is 1.95. The summed E-state index contributed by atoms with van der Waals surface area (Å²) in [6, 6.07) is -0.254. The first-order valence-electron chi connectivity index (χ1n) is 7.08. The van der Waals surface area contributed by atoms with Crippen LogP contribution in [0.25, 0.3) is 0 Å². The number of hydrogen-bond acceptors (Lipinski definition) is 2. The van der Waals surface area contributed by atoms with Crippen LogP contribution in [-0.2, 0) is 4.79 Å². The zero-order chi connectivity index (χ0) is 14.8. The molecule has 0 heterocycles. The normalized spacial score (nSPS) is 34.2. The van der Waals surface area contributed by atoms with Gasteiger partial charge in [-0.3, -0.25) is 4.79 Å². The molecule has 6 heteroatoms. The molecule has 0 saturated heterocycles. The summed E-state index contributed by atoms with van der Waals surface area (Å²) in [5.74, 6) is -2.99. The maximum Gasteiger partial charge on any atom is 0.392 e. The minimum absolute atomic E-state index is 0.00250. The van der Waals surface area contributed by atoms with Crippen LogP contribution in [0.1, 0.15) is 32.1 Å². The number of alkyl halides is 3. The Morgan fingerprint density at radius 2 is 1.95 bits per heavy atom. The summed E-state index contributed by atoms with van der Waals surface area (Å²) in [6.45, 7) is -0.00250. The number of nitrogens with one attached hydrogen (secondary N) is 1. The molecule has 1 fully saturated rings. The highest BCUT2D eigenvalue weighted by molar-refractivity contribution is 5.79. The van der Waals surface area contributed by atoms with Gasteiger partial charge in [-0.25, -0.2) is 0 Å². The van der Waals surface area contributed by atoms with Crippen molar-refractivity contribution in [1.29, 1.82) is 0 Å². The van der Waals surface area contributed by atoms with Crippen molar-refractivity contribution >= 4 is 5.91 Å². The topological polar surface area (TPSA) is 49.3 Å². The maximum atomic E-state index is 13.0. The number of carbonyl (C=O) groups excluding carboxylic acids is 1. The molecule has 1 amide bonds. The third-order valence-corrected chi connectivity index (χ3v) is 4.26. The van der Waals surface area contributed by atoms with E-state index in [0.29, 0.717) is 25.7 Å². The molecule has 0 radical (unpaired) electrons. The van der Waals surface area contributed by atoms with E-state index in [4.69, 9.17) is 5.11 Å². The van der Waals surface area contributed by atoms with Gasteiger partial charge in [-0.1, -0.05) is 25.0 Å². The third kappa shape index (κ3) is 3.53. The SMILES string of the molecule is O=C(N[C@@H]1C=C[C@H](CO)C1)C1CCCCC1C(F)(F)F. The lowest BCUT2D eigenvalue weighted by Crippen LogP contribution is -2.45. The number of aliphatic hydroxyl groups excluding tert-OH is 1. The first-order chi connectivity index (χ1) is 9.41. The Kier molecular flexibility index (Phi) is 4.73. The Bertz CT molecular complexity index is 381. The van der Waals surface area contributed by atoms with Gasteiger partial charge in [-0.05, 0) is 19.3 Å². The number of hydrogen-bond donors (Lipinski definition) is 2. The van der Waals surface area contributed by atoms with Crippen LogP contribution < -0.4 is 5.32 Å². The van der Waals surface area contributed by atoms with Crippen molar-refractivity contribution in [3.8, 4) is 0 Å². The van der Waals surface area contributed by atoms with Crippen LogP contribution in [0.15, 0.2) is 12.2 Å². The molecule has 2 unspecified atom stereocenters. The maximum absolute atomic E-state index is 13.0. The van der Waals surface area contributed by atoms with E-state index in [2.05, 4.69) is 5.32 Å². The van der Waals surface area contributed by atoms with Gasteiger partial charge in [0.05, 0.1) is 5.92 Å². The molecule has 3 nitrogen and oxygen atoms in total. The molecule has 2 rings (SSSR count). The number of amides is 1. The van der Waals surface area contributed by atoms with Crippen LogP contribution in [-0.4, -0.2) is 29.8 Å². The number of aliphatic hydroxyl groups is 1. The molecule has 0 aromatic heterocycles. The summed E-state index contributed by atoms with van der Waals surface area (Å²) >= 11 is 0. The van der Waals surface area contributed by atoms with E-state index in [9.17, 15) is 18.0 Å². The zero-order valence-electron chi connectivity index (χ0n) is 11.2. The van der Waals surface area contributed by atoms with Crippen molar-refractivity contribution in [3.05, 3.63) is 12.2 Å². The summed E-state index contributed by atoms with van der Waals surface area (Å²) in [5.41, 5.74) is 0. The molecule has 0 aliphatic heterocycles. The van der Waals surface area contributed by atoms with Crippen LogP contribution in [0.3, 0.4) is 0 Å². The molecule has 0 aromatic rings. The van der Waals surface area contributed by atoms with E-state index in [1.165, 1.54) is 0 Å². The molecular formula is C14H20F3NO2. The molecule has 2 aliphatic rings. The molecule has 0 spiro atoms. The molecule has 0 aromatic carbocycles. The molecule has 114 valence electrons. The fourth-order valence-corrected chi connectivity index (χ4v) is 3.14. The Morgan fingerprint density at radius 3 is 2.55 bits per heavy atom. The monoisotopic (exact) mass is 291 g/mol. The summed E-state index contributed by atoms with van der Waals surface area (Å²) in [6.07, 6.45) is 1.36. The highest BCUT2D eigenvalue weighted by Gasteiger charge is 2.48. The predicted molar refractivity (Wildman–Crippen MR) is 67.8 cm³/mol. The zero-order valence-corrected chi connectivity index (χ0v) is 11.2. The fraction of sp³-hybridized carbons (Fsp3) is 0.786. The summed E-state index contributed by atoms with van der Waals surface area (Å²) in [4.78, 5) is 12.1. The van der Waals surface area contributed by atoms with E-state index in [-0.39, 0.29) is 25.0 Å². The standard InChI is InChI=1S/C14H20F3NO2/c15-14(16,17)12-4-2-1-3-11(12)13(20)18-10-6-5-9(7-10)8-19/h5-6,9-12,19H,1-4,7-8H2,(H,18,20)/t9-,10+,11?,12?/m0/s1. The van der Waals surface area contributed by atoms with E-state index in [1.807, 2.05) is 0 Å². The van der Waals surface area contributed by atoms with Gasteiger partial charge in [-0.2, -0.15) is 13.2 Å². The van der Waals surface area contributed by atoms with Crippen LogP contribution >= 0.6 is 0 Å². The average molecular weight is 291 g/mol. The summed E-state index contributed by atoms with van der Waals surface area (Å²) in [7, 11) is 0. The quantitative estimate of drug-likeness (QED) is 0.785. The Morgan fingerprint density at radius 1 is 1.25 bits per heavy atom. The van der Waals surface area contributed by atoms with Gasteiger partial charge in [0.15, 0.2) is 0 Å². The number of halogens is 3. The van der Waals surface area contributed by atoms with Crippen LogP contribution in [0, 0.1) is 17.8 Å². The summed E-state index contributed by atoms with van der Waals surface area (Å²) < 4.78 is 38.9. The van der Waals surface area contributed by atoms with Crippen LogP contribution in [0.5, 0.6) is 0 Å². The molecule has 0 bridgehead atoms. The second-order valence-electron chi connectivity index (χ2n) is 5.72. The van der Waals surface area contributed by atoms with Gasteiger partial charge >= 0.3 is 6.18 Å². The second kappa shape index (κ2) is 6.16. The molecule has 20 heavy (non-hydrogen) atoms. The lowest BCUT2D eigenvalue weighted by Gasteiger charge is -2.32. The average Bonchev–Trinajstić information content (AvgIpc) is 2.85. The van der Waals surface area contributed by atoms with Gasteiger partial charge in [-0.15, -0.1) is 0 Å². The number of rotatable bonds is 3. The van der Waals surface area contributed by atoms with E-state index < -0.39 is 23.9 Å². The van der Waals surface area contributed by atoms with Crippen LogP contribution in [0.2, 0.25) is 0 Å². The number of carbonyl (C=O) groups is 1. The minimum Gasteiger partial charge on any atom is -0.396 e. The summed E-state index contributed by atoms with van der Waals surface area (Å²) in [5, 5.41) is 11.7. The first kappa shape index (κ1) is 15.4.